The summed E-state index contributed by atoms with van der Waals surface area (Å²) in [5.74, 6) is 0.681. The molecule has 0 fully saturated rings. The Hall–Kier alpha value is -4.43. The molecule has 1 aromatic carbocycles. The molecule has 33 heavy (non-hydrogen) atoms. The summed E-state index contributed by atoms with van der Waals surface area (Å²) in [6, 6.07) is 14.2. The van der Waals surface area contributed by atoms with E-state index in [1.54, 1.807) is 18.6 Å². The van der Waals surface area contributed by atoms with Crippen LogP contribution in [-0.4, -0.2) is 42.2 Å². The van der Waals surface area contributed by atoms with Gasteiger partial charge in [0.25, 0.3) is 0 Å². The summed E-state index contributed by atoms with van der Waals surface area (Å²) >= 11 is 0. The number of H-pyrrole nitrogens is 2. The van der Waals surface area contributed by atoms with E-state index in [9.17, 15) is 0 Å². The smallest absolute Gasteiger partial charge is 0.159 e. The highest BCUT2D eigenvalue weighted by atomic mass is 15.1. The molecule has 6 rings (SSSR count). The number of benzene rings is 1. The molecular weight excluding hydrogens is 412 g/mol. The van der Waals surface area contributed by atoms with E-state index in [1.807, 2.05) is 43.7 Å². The van der Waals surface area contributed by atoms with E-state index in [0.29, 0.717) is 5.82 Å². The Kier molecular flexibility index (Phi) is 4.63. The maximum atomic E-state index is 4.88. The second-order valence-electron chi connectivity index (χ2n) is 7.83. The zero-order chi connectivity index (χ0) is 22.2. The third-order valence-electron chi connectivity index (χ3n) is 5.63. The predicted molar refractivity (Wildman–Crippen MR) is 128 cm³/mol. The third kappa shape index (κ3) is 3.42. The van der Waals surface area contributed by atoms with Crippen LogP contribution in [-0.2, 0) is 6.54 Å². The van der Waals surface area contributed by atoms with Crippen LogP contribution in [0.15, 0.2) is 73.4 Å². The van der Waals surface area contributed by atoms with Gasteiger partial charge in [-0.2, -0.15) is 5.10 Å². The Morgan fingerprint density at radius 1 is 0.909 bits per heavy atom. The van der Waals surface area contributed by atoms with Crippen molar-refractivity contribution >= 4 is 21.9 Å². The number of rotatable bonds is 5. The number of pyridine rings is 3. The van der Waals surface area contributed by atoms with Crippen molar-refractivity contribution in [3.63, 3.8) is 0 Å². The molecule has 8 nitrogen and oxygen atoms in total. The third-order valence-corrected chi connectivity index (χ3v) is 5.63. The van der Waals surface area contributed by atoms with Gasteiger partial charge in [0.15, 0.2) is 5.82 Å². The summed E-state index contributed by atoms with van der Waals surface area (Å²) < 4.78 is 0. The molecule has 0 aliphatic carbocycles. The average Bonchev–Trinajstić information content (AvgIpc) is 3.48. The van der Waals surface area contributed by atoms with Crippen LogP contribution in [0.4, 0.5) is 0 Å². The van der Waals surface area contributed by atoms with Crippen molar-refractivity contribution in [3.8, 4) is 33.9 Å². The van der Waals surface area contributed by atoms with Gasteiger partial charge in [0.05, 0.1) is 22.9 Å². The van der Waals surface area contributed by atoms with Crippen LogP contribution in [0.5, 0.6) is 0 Å². The van der Waals surface area contributed by atoms with Gasteiger partial charge in [-0.3, -0.25) is 20.1 Å². The van der Waals surface area contributed by atoms with Crippen LogP contribution in [0.2, 0.25) is 0 Å². The number of nitrogens with one attached hydrogen (secondary N) is 3. The SMILES string of the molecule is CNCc1cncc(-c2ccc3[nH]nc(-c4nc5c(-c6ccccn6)cncc5[nH]4)c3c2)c1. The first-order valence-corrected chi connectivity index (χ1v) is 10.6. The van der Waals surface area contributed by atoms with Crippen molar-refractivity contribution in [3.05, 3.63) is 79.0 Å². The quantitative estimate of drug-likeness (QED) is 0.374. The Balaban J connectivity index is 1.47. The summed E-state index contributed by atoms with van der Waals surface area (Å²) in [6.45, 7) is 0.770. The maximum absolute atomic E-state index is 4.88. The molecule has 0 saturated carbocycles. The van der Waals surface area contributed by atoms with Crippen molar-refractivity contribution in [2.24, 2.45) is 0 Å². The summed E-state index contributed by atoms with van der Waals surface area (Å²) in [7, 11) is 1.93. The van der Waals surface area contributed by atoms with E-state index in [4.69, 9.17) is 4.98 Å². The highest BCUT2D eigenvalue weighted by Crippen LogP contribution is 2.32. The fourth-order valence-corrected chi connectivity index (χ4v) is 4.07. The van der Waals surface area contributed by atoms with E-state index in [1.165, 1.54) is 0 Å². The van der Waals surface area contributed by atoms with Gasteiger partial charge in [-0.1, -0.05) is 12.1 Å². The molecule has 3 N–H and O–H groups in total. The van der Waals surface area contributed by atoms with Crippen LogP contribution < -0.4 is 5.32 Å². The van der Waals surface area contributed by atoms with E-state index in [0.717, 1.165) is 62.1 Å². The summed E-state index contributed by atoms with van der Waals surface area (Å²) in [5, 5.41) is 11.8. The number of hydrogen-bond donors (Lipinski definition) is 3. The number of hydrogen-bond acceptors (Lipinski definition) is 6. The number of aromatic nitrogens is 7. The van der Waals surface area contributed by atoms with Crippen LogP contribution in [0.25, 0.3) is 55.8 Å². The predicted octanol–water partition coefficient (Wildman–Crippen LogP) is 4.34. The van der Waals surface area contributed by atoms with Crippen molar-refractivity contribution in [2.45, 2.75) is 6.54 Å². The number of nitrogens with zero attached hydrogens (tertiary/aromatic N) is 5. The average molecular weight is 432 g/mol. The number of aromatic amines is 2. The Morgan fingerprint density at radius 3 is 2.73 bits per heavy atom. The van der Waals surface area contributed by atoms with Crippen molar-refractivity contribution < 1.29 is 0 Å². The van der Waals surface area contributed by atoms with Crippen molar-refractivity contribution in [1.29, 1.82) is 0 Å². The minimum absolute atomic E-state index is 0.681. The zero-order valence-electron chi connectivity index (χ0n) is 17.9. The first-order chi connectivity index (χ1) is 16.3. The number of imidazole rings is 1. The monoisotopic (exact) mass is 432 g/mol. The maximum Gasteiger partial charge on any atom is 0.159 e. The summed E-state index contributed by atoms with van der Waals surface area (Å²) in [5.41, 5.74) is 8.32. The van der Waals surface area contributed by atoms with Gasteiger partial charge in [0.2, 0.25) is 0 Å². The van der Waals surface area contributed by atoms with E-state index >= 15 is 0 Å². The largest absolute Gasteiger partial charge is 0.335 e. The topological polar surface area (TPSA) is 108 Å². The molecule has 0 atom stereocenters. The first kappa shape index (κ1) is 19.3. The van der Waals surface area contributed by atoms with Crippen LogP contribution in [0.1, 0.15) is 5.56 Å². The second kappa shape index (κ2) is 7.92. The molecule has 0 radical (unpaired) electrons. The second-order valence-corrected chi connectivity index (χ2v) is 7.83. The van der Waals surface area contributed by atoms with Gasteiger partial charge in [-0.15, -0.1) is 0 Å². The lowest BCUT2D eigenvalue weighted by Crippen LogP contribution is -2.05. The van der Waals surface area contributed by atoms with Gasteiger partial charge < -0.3 is 10.3 Å². The van der Waals surface area contributed by atoms with Gasteiger partial charge in [0.1, 0.15) is 11.2 Å². The highest BCUT2D eigenvalue weighted by molar-refractivity contribution is 5.97. The Labute approximate surface area is 189 Å². The van der Waals surface area contributed by atoms with Crippen molar-refractivity contribution in [2.75, 3.05) is 7.05 Å². The lowest BCUT2D eigenvalue weighted by Gasteiger charge is -2.05. The highest BCUT2D eigenvalue weighted by Gasteiger charge is 2.16. The fraction of sp³-hybridized carbons (Fsp3) is 0.0800. The molecule has 0 aliphatic heterocycles. The van der Waals surface area contributed by atoms with Crippen molar-refractivity contribution in [1.82, 2.24) is 40.4 Å². The first-order valence-electron chi connectivity index (χ1n) is 10.6. The van der Waals surface area contributed by atoms with Crippen LogP contribution >= 0.6 is 0 Å². The molecule has 0 aliphatic rings. The minimum atomic E-state index is 0.681. The molecule has 0 saturated heterocycles. The van der Waals surface area contributed by atoms with E-state index in [2.05, 4.69) is 53.6 Å². The van der Waals surface area contributed by atoms with Crippen LogP contribution in [0.3, 0.4) is 0 Å². The molecule has 0 amide bonds. The lowest BCUT2D eigenvalue weighted by atomic mass is 10.0. The molecule has 5 heterocycles. The Bertz CT molecular complexity index is 1580. The van der Waals surface area contributed by atoms with Gasteiger partial charge >= 0.3 is 0 Å². The molecule has 160 valence electrons. The van der Waals surface area contributed by atoms with Gasteiger partial charge in [-0.05, 0) is 48.5 Å². The molecule has 0 unspecified atom stereocenters. The Morgan fingerprint density at radius 2 is 1.85 bits per heavy atom. The van der Waals surface area contributed by atoms with Crippen LogP contribution in [0, 0.1) is 0 Å². The molecule has 0 bridgehead atoms. The van der Waals surface area contributed by atoms with Gasteiger partial charge in [-0.25, -0.2) is 4.98 Å². The zero-order valence-corrected chi connectivity index (χ0v) is 17.9. The summed E-state index contributed by atoms with van der Waals surface area (Å²) in [4.78, 5) is 21.5. The summed E-state index contributed by atoms with van der Waals surface area (Å²) in [6.07, 6.45) is 9.10. The standard InChI is InChI=1S/C25H20N8/c1-26-10-15-8-17(12-27-11-15)16-5-6-21-18(9-16)24(33-32-21)25-30-22-14-28-13-19(23(22)31-25)20-4-2-3-7-29-20/h2-9,11-14,26H,10H2,1H3,(H,30,31)(H,32,33). The molecule has 8 heteroatoms. The van der Waals surface area contributed by atoms with Gasteiger partial charge in [0, 0.05) is 47.8 Å². The molecule has 5 aromatic heterocycles. The molecule has 6 aromatic rings. The molecular formula is C25H20N8. The number of fused-ring (bicyclic) bond motifs is 2. The van der Waals surface area contributed by atoms with E-state index < -0.39 is 0 Å². The minimum Gasteiger partial charge on any atom is -0.335 e. The molecule has 0 spiro atoms. The normalized spacial score (nSPS) is 11.4. The lowest BCUT2D eigenvalue weighted by molar-refractivity contribution is 0.813. The van der Waals surface area contributed by atoms with E-state index in [-0.39, 0.29) is 0 Å². The fourth-order valence-electron chi connectivity index (χ4n) is 4.07.